The predicted octanol–water partition coefficient (Wildman–Crippen LogP) is 3.44. The molecule has 1 aromatic rings. The Morgan fingerprint density at radius 1 is 1.30 bits per heavy atom. The van der Waals surface area contributed by atoms with E-state index >= 15 is 0 Å². The van der Waals surface area contributed by atoms with Gasteiger partial charge in [0, 0.05) is 11.6 Å². The lowest BCUT2D eigenvalue weighted by atomic mass is 10.0. The average molecular weight is 291 g/mol. The van der Waals surface area contributed by atoms with Crippen molar-refractivity contribution in [3.63, 3.8) is 0 Å². The number of ether oxygens (including phenoxy) is 2. The number of hydrogen-bond donors (Lipinski definition) is 1. The molecule has 0 radical (unpaired) electrons. The Labute approximate surface area is 117 Å². The van der Waals surface area contributed by atoms with E-state index in [-0.39, 0.29) is 12.6 Å². The van der Waals surface area contributed by atoms with Gasteiger partial charge in [0.15, 0.2) is 0 Å². The zero-order valence-corrected chi connectivity index (χ0v) is 11.9. The molecule has 114 valence electrons. The molecule has 0 bridgehead atoms. The second kappa shape index (κ2) is 7.50. The molecule has 0 aromatic heterocycles. The monoisotopic (exact) mass is 291 g/mol. The summed E-state index contributed by atoms with van der Waals surface area (Å²) in [5.41, 5.74) is 1.59. The van der Waals surface area contributed by atoms with Crippen molar-refractivity contribution in [2.45, 2.75) is 32.7 Å². The van der Waals surface area contributed by atoms with E-state index < -0.39 is 12.8 Å². The Hall–Kier alpha value is -1.27. The van der Waals surface area contributed by atoms with Gasteiger partial charge in [-0.25, -0.2) is 0 Å². The lowest BCUT2D eigenvalue weighted by molar-refractivity contribution is -0.176. The van der Waals surface area contributed by atoms with Gasteiger partial charge in [-0.05, 0) is 38.6 Å². The fourth-order valence-electron chi connectivity index (χ4n) is 1.72. The molecule has 1 atom stereocenters. The quantitative estimate of drug-likeness (QED) is 0.834. The fourth-order valence-corrected chi connectivity index (χ4v) is 1.72. The summed E-state index contributed by atoms with van der Waals surface area (Å²) in [6.45, 7) is 2.86. The summed E-state index contributed by atoms with van der Waals surface area (Å²) in [6, 6.07) is 5.56. The third-order valence-corrected chi connectivity index (χ3v) is 2.84. The Morgan fingerprint density at radius 2 is 2.00 bits per heavy atom. The van der Waals surface area contributed by atoms with Crippen LogP contribution in [0.1, 0.15) is 31.0 Å². The van der Waals surface area contributed by atoms with Gasteiger partial charge in [-0.15, -0.1) is 0 Å². The maximum atomic E-state index is 12.1. The van der Waals surface area contributed by atoms with Crippen molar-refractivity contribution in [1.82, 2.24) is 5.32 Å². The van der Waals surface area contributed by atoms with E-state index in [0.29, 0.717) is 17.9 Å². The summed E-state index contributed by atoms with van der Waals surface area (Å²) in [5.74, 6) is 0.557. The van der Waals surface area contributed by atoms with Crippen LogP contribution in [0, 0.1) is 0 Å². The minimum Gasteiger partial charge on any atom is -0.494 e. The van der Waals surface area contributed by atoms with E-state index in [4.69, 9.17) is 9.47 Å². The van der Waals surface area contributed by atoms with Crippen molar-refractivity contribution in [2.24, 2.45) is 0 Å². The molecule has 0 aliphatic heterocycles. The second-order valence-electron chi connectivity index (χ2n) is 4.42. The molecule has 0 fully saturated rings. The van der Waals surface area contributed by atoms with E-state index in [9.17, 15) is 13.2 Å². The Kier molecular flexibility index (Phi) is 6.29. The van der Waals surface area contributed by atoms with Crippen LogP contribution in [0.5, 0.6) is 5.75 Å². The van der Waals surface area contributed by atoms with Crippen LogP contribution in [0.25, 0.3) is 0 Å². The number of rotatable bonds is 7. The van der Waals surface area contributed by atoms with Gasteiger partial charge in [0.25, 0.3) is 0 Å². The summed E-state index contributed by atoms with van der Waals surface area (Å²) in [5, 5.41) is 3.08. The molecule has 1 rings (SSSR count). The molecule has 1 unspecified atom stereocenters. The van der Waals surface area contributed by atoms with Crippen molar-refractivity contribution < 1.29 is 22.6 Å². The number of hydrogen-bond acceptors (Lipinski definition) is 3. The molecule has 0 aliphatic carbocycles. The maximum Gasteiger partial charge on any atom is 0.411 e. The van der Waals surface area contributed by atoms with Crippen molar-refractivity contribution in [3.05, 3.63) is 29.3 Å². The van der Waals surface area contributed by atoms with Crippen molar-refractivity contribution in [1.29, 1.82) is 0 Å². The first-order valence-electron chi connectivity index (χ1n) is 6.44. The van der Waals surface area contributed by atoms with Crippen molar-refractivity contribution in [3.8, 4) is 5.75 Å². The van der Waals surface area contributed by atoms with Crippen LogP contribution in [0.2, 0.25) is 0 Å². The van der Waals surface area contributed by atoms with E-state index in [0.717, 1.165) is 5.56 Å². The van der Waals surface area contributed by atoms with Crippen LogP contribution >= 0.6 is 0 Å². The molecule has 1 N–H and O–H groups in total. The van der Waals surface area contributed by atoms with Gasteiger partial charge >= 0.3 is 6.18 Å². The van der Waals surface area contributed by atoms with Crippen LogP contribution in [-0.2, 0) is 11.3 Å². The first-order valence-corrected chi connectivity index (χ1v) is 6.44. The van der Waals surface area contributed by atoms with Gasteiger partial charge in [-0.1, -0.05) is 6.07 Å². The molecular weight excluding hydrogens is 271 g/mol. The van der Waals surface area contributed by atoms with Crippen LogP contribution in [-0.4, -0.2) is 26.4 Å². The third-order valence-electron chi connectivity index (χ3n) is 2.84. The first kappa shape index (κ1) is 16.8. The Bertz CT molecular complexity index is 421. The van der Waals surface area contributed by atoms with Crippen LogP contribution in [0.4, 0.5) is 13.2 Å². The first-order chi connectivity index (χ1) is 9.37. The molecule has 0 saturated heterocycles. The Morgan fingerprint density at radius 3 is 2.55 bits per heavy atom. The van der Waals surface area contributed by atoms with Crippen LogP contribution in [0.15, 0.2) is 18.2 Å². The number of alkyl halides is 3. The highest BCUT2D eigenvalue weighted by molar-refractivity contribution is 5.38. The molecule has 0 aliphatic rings. The number of benzene rings is 1. The molecule has 3 nitrogen and oxygen atoms in total. The van der Waals surface area contributed by atoms with Gasteiger partial charge in [0.1, 0.15) is 12.4 Å². The molecule has 0 saturated carbocycles. The normalized spacial score (nSPS) is 13.3. The zero-order chi connectivity index (χ0) is 15.2. The molecule has 6 heteroatoms. The van der Waals surface area contributed by atoms with Crippen LogP contribution in [0.3, 0.4) is 0 Å². The highest BCUT2D eigenvalue weighted by Gasteiger charge is 2.27. The molecule has 0 heterocycles. The summed E-state index contributed by atoms with van der Waals surface area (Å²) in [6.07, 6.45) is -4.32. The minimum absolute atomic E-state index is 0.104. The van der Waals surface area contributed by atoms with E-state index in [1.807, 2.05) is 33.0 Å². The largest absolute Gasteiger partial charge is 0.494 e. The average Bonchev–Trinajstić information content (AvgIpc) is 2.38. The molecule has 0 amide bonds. The van der Waals surface area contributed by atoms with Crippen molar-refractivity contribution >= 4 is 0 Å². The van der Waals surface area contributed by atoms with Gasteiger partial charge < -0.3 is 14.8 Å². The molecule has 0 spiro atoms. The number of nitrogens with one attached hydrogen (secondary N) is 1. The van der Waals surface area contributed by atoms with Gasteiger partial charge in [0.05, 0.1) is 13.2 Å². The van der Waals surface area contributed by atoms with Crippen LogP contribution < -0.4 is 10.1 Å². The lowest BCUT2D eigenvalue weighted by Crippen LogP contribution is -2.17. The lowest BCUT2D eigenvalue weighted by Gasteiger charge is -2.16. The van der Waals surface area contributed by atoms with Gasteiger partial charge in [-0.2, -0.15) is 13.2 Å². The standard InChI is InChI=1S/C14H20F3NO2/c1-4-20-13-6-5-11(10(2)18-3)7-12(13)8-19-9-14(15,16)17/h5-7,10,18H,4,8-9H2,1-3H3. The minimum atomic E-state index is -4.32. The second-order valence-corrected chi connectivity index (χ2v) is 4.42. The smallest absolute Gasteiger partial charge is 0.411 e. The van der Waals surface area contributed by atoms with E-state index in [2.05, 4.69) is 5.32 Å². The Balaban J connectivity index is 2.82. The predicted molar refractivity (Wildman–Crippen MR) is 70.8 cm³/mol. The summed E-state index contributed by atoms with van der Waals surface area (Å²) >= 11 is 0. The van der Waals surface area contributed by atoms with Gasteiger partial charge in [0.2, 0.25) is 0 Å². The highest BCUT2D eigenvalue weighted by Crippen LogP contribution is 2.25. The summed E-state index contributed by atoms with van der Waals surface area (Å²) in [4.78, 5) is 0. The van der Waals surface area contributed by atoms with Crippen molar-refractivity contribution in [2.75, 3.05) is 20.3 Å². The molecule has 1 aromatic carbocycles. The summed E-state index contributed by atoms with van der Waals surface area (Å²) in [7, 11) is 1.82. The third kappa shape index (κ3) is 5.38. The highest BCUT2D eigenvalue weighted by atomic mass is 19.4. The zero-order valence-electron chi connectivity index (χ0n) is 11.9. The van der Waals surface area contributed by atoms with E-state index in [1.165, 1.54) is 0 Å². The SMILES string of the molecule is CCOc1ccc(C(C)NC)cc1COCC(F)(F)F. The number of halogens is 3. The molecule has 20 heavy (non-hydrogen) atoms. The fraction of sp³-hybridized carbons (Fsp3) is 0.571. The molecular formula is C14H20F3NO2. The maximum absolute atomic E-state index is 12.1. The topological polar surface area (TPSA) is 30.5 Å². The summed E-state index contributed by atoms with van der Waals surface area (Å²) < 4.78 is 46.4. The van der Waals surface area contributed by atoms with E-state index in [1.54, 1.807) is 6.07 Å². The van der Waals surface area contributed by atoms with Gasteiger partial charge in [-0.3, -0.25) is 0 Å².